The van der Waals surface area contributed by atoms with Crippen molar-refractivity contribution in [1.82, 2.24) is 24.5 Å². The molecule has 0 fully saturated rings. The molecular weight excluding hydrogens is 1330 g/mol. The zero-order valence-corrected chi connectivity index (χ0v) is 57.5. The number of hydrogen-bond donors (Lipinski definition) is 9. The monoisotopic (exact) mass is 1490 g/mol. The lowest BCUT2D eigenvalue weighted by molar-refractivity contribution is 0.263. The molecule has 20 nitrogen and oxygen atoms in total. The van der Waals surface area contributed by atoms with E-state index in [4.69, 9.17) is 110 Å². The zero-order valence-electron chi connectivity index (χ0n) is 49.1. The highest BCUT2D eigenvalue weighted by Crippen LogP contribution is 1.96. The predicted octanol–water partition coefficient (Wildman–Crippen LogP) is 19.1. The number of nitrogens with two attached hydrogens (primary N) is 5. The fourth-order valence-corrected chi connectivity index (χ4v) is 5.16. The van der Waals surface area contributed by atoms with Gasteiger partial charge in [-0.15, -0.1) is 0 Å². The molecule has 0 aromatic rings. The summed E-state index contributed by atoms with van der Waals surface area (Å²) < 4.78 is 29.7. The first-order chi connectivity index (χ1) is 34.9. The van der Waals surface area contributed by atoms with Crippen LogP contribution in [0.2, 0.25) is 0 Å². The Balaban J connectivity index is -0.0000000205. The van der Waals surface area contributed by atoms with Crippen LogP contribution in [0.1, 0.15) is 235 Å². The molecule has 0 unspecified atom stereocenters. The van der Waals surface area contributed by atoms with Gasteiger partial charge in [-0.25, -0.2) is 0 Å². The molecule has 0 aromatic carbocycles. The normalized spacial score (nSPS) is 6.74. The second-order valence-electron chi connectivity index (χ2n) is 11.7. The van der Waals surface area contributed by atoms with Gasteiger partial charge in [0.1, 0.15) is 0 Å². The minimum Gasteiger partial charge on any atom is -0.475 e. The van der Waals surface area contributed by atoms with Gasteiger partial charge in [-0.3, -0.25) is 19.2 Å². The van der Waals surface area contributed by atoms with Crippen molar-refractivity contribution >= 4 is 176 Å². The quantitative estimate of drug-likeness (QED) is 0.0578. The lowest BCUT2D eigenvalue weighted by atomic mass is 10.6. The van der Waals surface area contributed by atoms with Gasteiger partial charge in [-0.1, -0.05) is 189 Å². The number of amides is 4. The van der Waals surface area contributed by atoms with Crippen molar-refractivity contribution in [1.29, 1.82) is 0 Å². The van der Waals surface area contributed by atoms with Crippen LogP contribution in [0.25, 0.3) is 0 Å². The van der Waals surface area contributed by atoms with Gasteiger partial charge in [0.05, 0.1) is 40.6 Å². The number of carbonyl (C=O) groups is 4. The Labute approximate surface area is 613 Å². The number of methoxy groups -OCH3 is 2. The minimum atomic E-state index is -0.639. The zero-order chi connectivity index (χ0) is 62.5. The topological polar surface area (TPSA) is 270 Å². The second kappa shape index (κ2) is 151. The van der Waals surface area contributed by atoms with Crippen LogP contribution >= 0.6 is 124 Å². The Morgan fingerprint density at radius 2 is 0.382 bits per heavy atom. The number of primary amides is 4. The fourth-order valence-electron chi connectivity index (χ4n) is 3.40. The third-order valence-electron chi connectivity index (χ3n) is 6.56. The number of ether oxygens (including phenoxy) is 6. The Morgan fingerprint density at radius 1 is 0.292 bits per heavy atom. The average molecular weight is 1490 g/mol. The Kier molecular flexibility index (Phi) is 294. The van der Waals surface area contributed by atoms with E-state index in [1.807, 2.05) is 66.0 Å². The van der Waals surface area contributed by atoms with Crippen LogP contribution in [0, 0.1) is 0 Å². The van der Waals surface area contributed by atoms with Crippen molar-refractivity contribution in [2.75, 3.05) is 106 Å². The van der Waals surface area contributed by atoms with Gasteiger partial charge in [-0.05, 0) is 170 Å². The molecule has 0 heterocycles. The first kappa shape index (κ1) is 173. The highest BCUT2D eigenvalue weighted by atomic mass is 32.1. The van der Waals surface area contributed by atoms with Crippen molar-refractivity contribution in [3.8, 4) is 0 Å². The SMILES string of the molecule is C.C.C.C.C.C.C.C.C.C.C.C.C.C.CC.CCC.CCN(CC)C(=S)OC.CCOC(=S)N(CC)CC.CCOC(=S)N(CC)CC.CCOC(=S)N(CC)CC.CCOC(=S)N(CC)CC.COC(N)=S.NC(=O)S.NC(=O)S.NC(=O)S.NC(=O)S. The van der Waals surface area contributed by atoms with Gasteiger partial charge in [0, 0.05) is 65.4 Å². The molecule has 0 radical (unpaired) electrons. The molecule has 566 valence electrons. The van der Waals surface area contributed by atoms with E-state index in [-0.39, 0.29) is 109 Å². The van der Waals surface area contributed by atoms with E-state index in [0.717, 1.165) is 65.4 Å². The summed E-state index contributed by atoms with van der Waals surface area (Å²) in [6, 6.07) is 0. The fraction of sp³-hybridized carbons (Fsp3) is 0.831. The Morgan fingerprint density at radius 3 is 0.427 bits per heavy atom. The van der Waals surface area contributed by atoms with Crippen LogP contribution in [0.4, 0.5) is 19.2 Å². The van der Waals surface area contributed by atoms with Gasteiger partial charge in [0.25, 0.3) is 52.0 Å². The van der Waals surface area contributed by atoms with E-state index in [9.17, 15) is 0 Å². The van der Waals surface area contributed by atoms with E-state index in [1.54, 1.807) is 7.11 Å². The lowest BCUT2D eigenvalue weighted by Crippen LogP contribution is -2.30. The maximum absolute atomic E-state index is 9.09. The molecule has 30 heteroatoms. The number of thiol groups is 4. The number of thiocarbonyl (C=S) groups is 6. The summed E-state index contributed by atoms with van der Waals surface area (Å²) in [5, 5.41) is 0.588. The molecule has 0 aliphatic carbocycles. The maximum Gasteiger partial charge on any atom is 0.273 e. The van der Waals surface area contributed by atoms with Crippen LogP contribution in [-0.2, 0) is 28.4 Å². The van der Waals surface area contributed by atoms with Gasteiger partial charge < -0.3 is 81.6 Å². The van der Waals surface area contributed by atoms with E-state index in [2.05, 4.69) is 173 Å². The van der Waals surface area contributed by atoms with Crippen LogP contribution in [-0.4, -0.2) is 183 Å². The Hall–Kier alpha value is -2.58. The highest BCUT2D eigenvalue weighted by molar-refractivity contribution is 7.97. The molecular formula is C59H160N10O10S10. The van der Waals surface area contributed by atoms with Gasteiger partial charge in [-0.2, -0.15) is 0 Å². The highest BCUT2D eigenvalue weighted by Gasteiger charge is 2.06. The summed E-state index contributed by atoms with van der Waals surface area (Å²) in [6.45, 7) is 48.5. The summed E-state index contributed by atoms with van der Waals surface area (Å²) in [5.41, 5.74) is 22.1. The molecule has 0 rings (SSSR count). The molecule has 0 aromatic heterocycles. The van der Waals surface area contributed by atoms with E-state index in [0.29, 0.717) is 52.3 Å². The van der Waals surface area contributed by atoms with Crippen molar-refractivity contribution in [2.45, 2.75) is 235 Å². The standard InChI is InChI=1S/4C7H15NOS.C6H13NOS.C3H8.C2H5NOS.C2H6.4CH3NOS.14CH4/c4*1-4-8(5-2)7(10)9-6-3;1-4-7(5-2)6(9)8-3;1-3-2;1-4-2(3)5;1-2;4*2-1(3)4;;;;;;;;;;;;;;/h4*4-6H2,1-3H3;4-5H2,1-3H3;3H2,1-2H3;1H3,(H2,3,5);1-2H3;4*(H3,2,3,4);14*1H4. The summed E-state index contributed by atoms with van der Waals surface area (Å²) in [7, 11) is 3.03. The molecule has 0 aliphatic heterocycles. The van der Waals surface area contributed by atoms with E-state index in [1.165, 1.54) is 13.5 Å². The summed E-state index contributed by atoms with van der Waals surface area (Å²) in [6.07, 6.45) is 1.25. The molecule has 0 atom stereocenters. The number of rotatable bonds is 14. The third-order valence-corrected chi connectivity index (χ3v) is 8.65. The van der Waals surface area contributed by atoms with Gasteiger partial charge >= 0.3 is 0 Å². The second-order valence-corrected chi connectivity index (χ2v) is 15.6. The molecule has 0 saturated carbocycles. The van der Waals surface area contributed by atoms with Crippen LogP contribution in [0.3, 0.4) is 0 Å². The molecule has 0 aliphatic rings. The van der Waals surface area contributed by atoms with E-state index < -0.39 is 21.0 Å². The maximum atomic E-state index is 9.09. The van der Waals surface area contributed by atoms with Crippen LogP contribution in [0.15, 0.2) is 0 Å². The predicted molar refractivity (Wildman–Crippen MR) is 451 cm³/mol. The Bertz CT molecular complexity index is 1170. The van der Waals surface area contributed by atoms with Crippen molar-refractivity contribution in [3.63, 3.8) is 0 Å². The third kappa shape index (κ3) is 208. The summed E-state index contributed by atoms with van der Waals surface area (Å²) >= 11 is 41.5. The molecule has 0 bridgehead atoms. The van der Waals surface area contributed by atoms with Gasteiger partial charge in [0.2, 0.25) is 0 Å². The lowest BCUT2D eigenvalue weighted by Gasteiger charge is -2.20. The molecule has 10 N–H and O–H groups in total. The number of nitrogens with zero attached hydrogens (tertiary/aromatic N) is 5. The minimum absolute atomic E-state index is 0. The molecule has 0 saturated heterocycles. The van der Waals surface area contributed by atoms with Crippen LogP contribution in [0.5, 0.6) is 0 Å². The first-order valence-corrected chi connectivity index (χ1v) is 28.4. The van der Waals surface area contributed by atoms with Crippen molar-refractivity contribution in [3.05, 3.63) is 0 Å². The van der Waals surface area contributed by atoms with Crippen molar-refractivity contribution < 1.29 is 47.6 Å². The van der Waals surface area contributed by atoms with Crippen LogP contribution < -0.4 is 28.7 Å². The van der Waals surface area contributed by atoms with E-state index >= 15 is 0 Å². The summed E-state index contributed by atoms with van der Waals surface area (Å²) in [4.78, 5) is 46.4. The summed E-state index contributed by atoms with van der Waals surface area (Å²) in [5.74, 6) is 0. The average Bonchev–Trinajstić information content (AvgIpc) is 3.32. The molecule has 4 amide bonds. The molecule has 0 spiro atoms. The number of carbonyl (C=O) groups excluding carboxylic acids is 4. The first-order valence-electron chi connectivity index (χ1n) is 24.2. The smallest absolute Gasteiger partial charge is 0.273 e. The molecule has 89 heavy (non-hydrogen) atoms. The van der Waals surface area contributed by atoms with Gasteiger partial charge in [0.15, 0.2) is 0 Å². The number of hydrogen-bond acceptors (Lipinski definition) is 16. The largest absolute Gasteiger partial charge is 0.475 e. The van der Waals surface area contributed by atoms with Crippen molar-refractivity contribution in [2.24, 2.45) is 28.7 Å².